The first-order chi connectivity index (χ1) is 9.56. The summed E-state index contributed by atoms with van der Waals surface area (Å²) in [6, 6.07) is 9.93. The summed E-state index contributed by atoms with van der Waals surface area (Å²) in [5.74, 6) is 0.510. The third-order valence-electron chi connectivity index (χ3n) is 2.96. The van der Waals surface area contributed by atoms with Crippen LogP contribution in [0.15, 0.2) is 36.4 Å². The zero-order valence-corrected chi connectivity index (χ0v) is 10.9. The molecule has 0 aliphatic carbocycles. The number of aromatic nitrogens is 2. The van der Waals surface area contributed by atoms with Crippen molar-refractivity contribution >= 4 is 34.0 Å². The van der Waals surface area contributed by atoms with Gasteiger partial charge >= 0.3 is 0 Å². The molecule has 3 aromatic rings. The molecule has 0 bridgehead atoms. The van der Waals surface area contributed by atoms with Crippen molar-refractivity contribution in [3.63, 3.8) is 0 Å². The maximum atomic E-state index is 10.9. The summed E-state index contributed by atoms with van der Waals surface area (Å²) in [4.78, 5) is 17.8. The Morgan fingerprint density at radius 2 is 2.10 bits per heavy atom. The van der Waals surface area contributed by atoms with Crippen LogP contribution in [0.4, 0.5) is 11.4 Å². The van der Waals surface area contributed by atoms with E-state index < -0.39 is 4.92 Å². The Labute approximate surface area is 118 Å². The average molecular weight is 289 g/mol. The highest BCUT2D eigenvalue weighted by molar-refractivity contribution is 6.35. The molecule has 0 atom stereocenters. The van der Waals surface area contributed by atoms with Gasteiger partial charge in [-0.25, -0.2) is 4.98 Å². The minimum Gasteiger partial charge on any atom is -0.393 e. The summed E-state index contributed by atoms with van der Waals surface area (Å²) in [5.41, 5.74) is 7.53. The Balaban J connectivity index is 2.18. The number of halogens is 1. The molecule has 3 rings (SSSR count). The predicted octanol–water partition coefficient (Wildman–Crippen LogP) is 3.37. The molecule has 0 aliphatic rings. The highest BCUT2D eigenvalue weighted by Crippen LogP contribution is 2.30. The van der Waals surface area contributed by atoms with Crippen molar-refractivity contribution < 1.29 is 4.92 Å². The van der Waals surface area contributed by atoms with E-state index in [4.69, 9.17) is 17.3 Å². The van der Waals surface area contributed by atoms with Crippen LogP contribution >= 0.6 is 11.6 Å². The summed E-state index contributed by atoms with van der Waals surface area (Å²) in [5, 5.41) is 11.4. The van der Waals surface area contributed by atoms with E-state index in [1.807, 2.05) is 6.07 Å². The second-order valence-corrected chi connectivity index (χ2v) is 4.66. The van der Waals surface area contributed by atoms with E-state index in [-0.39, 0.29) is 11.4 Å². The van der Waals surface area contributed by atoms with E-state index in [0.29, 0.717) is 21.9 Å². The molecule has 0 saturated heterocycles. The van der Waals surface area contributed by atoms with Crippen LogP contribution in [-0.4, -0.2) is 14.9 Å². The summed E-state index contributed by atoms with van der Waals surface area (Å²) < 4.78 is 0. The van der Waals surface area contributed by atoms with Crippen molar-refractivity contribution in [2.75, 3.05) is 5.73 Å². The van der Waals surface area contributed by atoms with Gasteiger partial charge < -0.3 is 10.7 Å². The number of aromatic amines is 1. The predicted molar refractivity (Wildman–Crippen MR) is 77.6 cm³/mol. The van der Waals surface area contributed by atoms with Gasteiger partial charge in [0, 0.05) is 11.6 Å². The van der Waals surface area contributed by atoms with Gasteiger partial charge in [0.25, 0.3) is 5.69 Å². The Hall–Kier alpha value is -2.60. The van der Waals surface area contributed by atoms with Gasteiger partial charge in [0.2, 0.25) is 0 Å². The van der Waals surface area contributed by atoms with Gasteiger partial charge in [-0.3, -0.25) is 10.1 Å². The number of imidazole rings is 1. The second kappa shape index (κ2) is 4.50. The van der Waals surface area contributed by atoms with Gasteiger partial charge in [0.05, 0.1) is 15.5 Å². The van der Waals surface area contributed by atoms with Gasteiger partial charge in [-0.1, -0.05) is 17.7 Å². The van der Waals surface area contributed by atoms with Crippen LogP contribution in [0.3, 0.4) is 0 Å². The zero-order chi connectivity index (χ0) is 14.3. The summed E-state index contributed by atoms with van der Waals surface area (Å²) in [7, 11) is 0. The molecule has 1 aromatic heterocycles. The van der Waals surface area contributed by atoms with Crippen LogP contribution in [-0.2, 0) is 0 Å². The van der Waals surface area contributed by atoms with E-state index in [2.05, 4.69) is 9.97 Å². The number of hydrogen-bond donors (Lipinski definition) is 2. The Bertz CT molecular complexity index is 828. The smallest absolute Gasteiger partial charge is 0.292 e. The molecule has 0 amide bonds. The lowest BCUT2D eigenvalue weighted by Crippen LogP contribution is -1.96. The SMILES string of the molecule is Nc1ccc(-c2nc3c(Cl)cccc3[nH]2)cc1[N+](=O)[O-]. The molecule has 0 radical (unpaired) electrons. The van der Waals surface area contributed by atoms with Crippen molar-refractivity contribution in [2.45, 2.75) is 0 Å². The fraction of sp³-hybridized carbons (Fsp3) is 0. The second-order valence-electron chi connectivity index (χ2n) is 4.25. The molecule has 3 N–H and O–H groups in total. The summed E-state index contributed by atoms with van der Waals surface area (Å²) in [6.07, 6.45) is 0. The molecule has 1 heterocycles. The lowest BCUT2D eigenvalue weighted by Gasteiger charge is -1.99. The molecule has 100 valence electrons. The monoisotopic (exact) mass is 288 g/mol. The van der Waals surface area contributed by atoms with Gasteiger partial charge in [-0.05, 0) is 24.3 Å². The number of nitrogens with two attached hydrogens (primary N) is 1. The Morgan fingerprint density at radius 1 is 1.30 bits per heavy atom. The number of anilines is 1. The number of hydrogen-bond acceptors (Lipinski definition) is 4. The molecule has 7 heteroatoms. The minimum atomic E-state index is -0.519. The number of H-pyrrole nitrogens is 1. The molecule has 20 heavy (non-hydrogen) atoms. The maximum absolute atomic E-state index is 10.9. The van der Waals surface area contributed by atoms with E-state index in [1.165, 1.54) is 12.1 Å². The van der Waals surface area contributed by atoms with Gasteiger partial charge in [-0.2, -0.15) is 0 Å². The van der Waals surface area contributed by atoms with Gasteiger partial charge in [-0.15, -0.1) is 0 Å². The van der Waals surface area contributed by atoms with E-state index in [9.17, 15) is 10.1 Å². The summed E-state index contributed by atoms with van der Waals surface area (Å²) in [6.45, 7) is 0. The Morgan fingerprint density at radius 3 is 2.80 bits per heavy atom. The first-order valence-corrected chi connectivity index (χ1v) is 6.12. The van der Waals surface area contributed by atoms with Crippen molar-refractivity contribution in [3.8, 4) is 11.4 Å². The van der Waals surface area contributed by atoms with Crippen LogP contribution in [0.25, 0.3) is 22.4 Å². The van der Waals surface area contributed by atoms with E-state index in [1.54, 1.807) is 18.2 Å². The van der Waals surface area contributed by atoms with Gasteiger partial charge in [0.1, 0.15) is 17.0 Å². The third-order valence-corrected chi connectivity index (χ3v) is 3.27. The van der Waals surface area contributed by atoms with Crippen molar-refractivity contribution in [2.24, 2.45) is 0 Å². The van der Waals surface area contributed by atoms with Crippen molar-refractivity contribution in [3.05, 3.63) is 51.5 Å². The quantitative estimate of drug-likeness (QED) is 0.429. The first kappa shape index (κ1) is 12.4. The normalized spacial score (nSPS) is 10.8. The van der Waals surface area contributed by atoms with E-state index in [0.717, 1.165) is 5.52 Å². The number of nitrogens with one attached hydrogen (secondary N) is 1. The number of para-hydroxylation sites is 1. The van der Waals surface area contributed by atoms with E-state index >= 15 is 0 Å². The number of nitro benzene ring substituents is 1. The fourth-order valence-electron chi connectivity index (χ4n) is 1.98. The molecule has 0 unspecified atom stereocenters. The first-order valence-electron chi connectivity index (χ1n) is 5.75. The number of nitrogen functional groups attached to an aromatic ring is 1. The number of benzene rings is 2. The number of fused-ring (bicyclic) bond motifs is 1. The largest absolute Gasteiger partial charge is 0.393 e. The molecule has 0 aliphatic heterocycles. The molecule has 0 saturated carbocycles. The topological polar surface area (TPSA) is 97.8 Å². The average Bonchev–Trinajstić information content (AvgIpc) is 2.84. The third kappa shape index (κ3) is 1.96. The Kier molecular flexibility index (Phi) is 2.80. The van der Waals surface area contributed by atoms with Crippen LogP contribution in [0, 0.1) is 10.1 Å². The highest BCUT2D eigenvalue weighted by atomic mass is 35.5. The van der Waals surface area contributed by atoms with Crippen LogP contribution in [0.2, 0.25) is 5.02 Å². The lowest BCUT2D eigenvalue weighted by atomic mass is 10.1. The molecule has 0 spiro atoms. The van der Waals surface area contributed by atoms with Crippen molar-refractivity contribution in [1.82, 2.24) is 9.97 Å². The number of nitro groups is 1. The molecule has 0 fully saturated rings. The summed E-state index contributed by atoms with van der Waals surface area (Å²) >= 11 is 6.05. The fourth-order valence-corrected chi connectivity index (χ4v) is 2.20. The van der Waals surface area contributed by atoms with Crippen LogP contribution < -0.4 is 5.73 Å². The van der Waals surface area contributed by atoms with Crippen LogP contribution in [0.1, 0.15) is 0 Å². The highest BCUT2D eigenvalue weighted by Gasteiger charge is 2.15. The minimum absolute atomic E-state index is 0.118. The number of rotatable bonds is 2. The zero-order valence-electron chi connectivity index (χ0n) is 10.1. The lowest BCUT2D eigenvalue weighted by molar-refractivity contribution is -0.383. The van der Waals surface area contributed by atoms with Crippen LogP contribution in [0.5, 0.6) is 0 Å². The molecule has 6 nitrogen and oxygen atoms in total. The van der Waals surface area contributed by atoms with Crippen molar-refractivity contribution in [1.29, 1.82) is 0 Å². The molecule has 2 aromatic carbocycles. The maximum Gasteiger partial charge on any atom is 0.292 e. The number of nitrogens with zero attached hydrogens (tertiary/aromatic N) is 2. The molecular formula is C13H9ClN4O2. The molecular weight excluding hydrogens is 280 g/mol. The van der Waals surface area contributed by atoms with Gasteiger partial charge in [0.15, 0.2) is 0 Å². The standard InChI is InChI=1S/C13H9ClN4O2/c14-8-2-1-3-10-12(8)17-13(16-10)7-4-5-9(15)11(6-7)18(19)20/h1-6H,15H2,(H,16,17).